The Morgan fingerprint density at radius 2 is 2.00 bits per heavy atom. The SMILES string of the molecule is CC1(C)COCCN1C(=O)Cn1nc(C2CN(C(=O)c3ccnc(N)c3)C2)c2ccccc21. The van der Waals surface area contributed by atoms with Gasteiger partial charge in [0.25, 0.3) is 5.91 Å². The van der Waals surface area contributed by atoms with Gasteiger partial charge in [-0.1, -0.05) is 18.2 Å². The molecule has 0 radical (unpaired) electrons. The summed E-state index contributed by atoms with van der Waals surface area (Å²) in [5.74, 6) is 0.419. The van der Waals surface area contributed by atoms with Gasteiger partial charge in [-0.25, -0.2) is 4.98 Å². The van der Waals surface area contributed by atoms with E-state index in [0.29, 0.717) is 44.2 Å². The third kappa shape index (κ3) is 3.93. The molecule has 5 rings (SSSR count). The van der Waals surface area contributed by atoms with E-state index >= 15 is 0 Å². The highest BCUT2D eigenvalue weighted by Gasteiger charge is 2.37. The molecule has 9 heteroatoms. The summed E-state index contributed by atoms with van der Waals surface area (Å²) < 4.78 is 7.35. The number of amides is 2. The lowest BCUT2D eigenvalue weighted by atomic mass is 9.93. The molecule has 2 saturated heterocycles. The average molecular weight is 449 g/mol. The van der Waals surface area contributed by atoms with Gasteiger partial charge < -0.3 is 20.3 Å². The quantitative estimate of drug-likeness (QED) is 0.653. The van der Waals surface area contributed by atoms with Crippen LogP contribution in [0.3, 0.4) is 0 Å². The van der Waals surface area contributed by atoms with Crippen LogP contribution in [0.15, 0.2) is 42.6 Å². The molecule has 2 aliphatic rings. The standard InChI is InChI=1S/C24H28N6O3/c1-24(2)15-33-10-9-29(24)21(31)14-30-19-6-4-3-5-18(19)22(27-30)17-12-28(13-17)23(32)16-7-8-26-20(25)11-16/h3-8,11,17H,9-10,12-15H2,1-2H3,(H2,25,26). The zero-order valence-corrected chi connectivity index (χ0v) is 18.9. The second-order valence-electron chi connectivity index (χ2n) is 9.35. The lowest BCUT2D eigenvalue weighted by Crippen LogP contribution is -2.56. The molecular weight excluding hydrogens is 420 g/mol. The lowest BCUT2D eigenvalue weighted by molar-refractivity contribution is -0.147. The number of nitrogens with two attached hydrogens (primary N) is 1. The third-order valence-corrected chi connectivity index (χ3v) is 6.50. The number of nitrogens with zero attached hydrogens (tertiary/aromatic N) is 5. The van der Waals surface area contributed by atoms with Crippen molar-refractivity contribution in [2.75, 3.05) is 38.6 Å². The van der Waals surface area contributed by atoms with Gasteiger partial charge in [0, 0.05) is 42.7 Å². The molecule has 2 aliphatic heterocycles. The van der Waals surface area contributed by atoms with E-state index in [1.54, 1.807) is 27.9 Å². The molecule has 2 N–H and O–H groups in total. The second kappa shape index (κ2) is 8.15. The van der Waals surface area contributed by atoms with Gasteiger partial charge in [0.1, 0.15) is 12.4 Å². The second-order valence-corrected chi connectivity index (χ2v) is 9.35. The van der Waals surface area contributed by atoms with E-state index in [-0.39, 0.29) is 29.8 Å². The monoisotopic (exact) mass is 448 g/mol. The lowest BCUT2D eigenvalue weighted by Gasteiger charge is -2.42. The first-order chi connectivity index (χ1) is 15.8. The van der Waals surface area contributed by atoms with Crippen LogP contribution in [0.1, 0.15) is 35.8 Å². The zero-order valence-electron chi connectivity index (χ0n) is 18.9. The number of hydrogen-bond acceptors (Lipinski definition) is 6. The van der Waals surface area contributed by atoms with Crippen molar-refractivity contribution < 1.29 is 14.3 Å². The van der Waals surface area contributed by atoms with Crippen LogP contribution in [0.25, 0.3) is 10.9 Å². The van der Waals surface area contributed by atoms with E-state index in [2.05, 4.69) is 4.98 Å². The number of fused-ring (bicyclic) bond motifs is 1. The van der Waals surface area contributed by atoms with Crippen LogP contribution in [-0.2, 0) is 16.1 Å². The van der Waals surface area contributed by atoms with Crippen molar-refractivity contribution >= 4 is 28.5 Å². The van der Waals surface area contributed by atoms with Crippen molar-refractivity contribution in [3.8, 4) is 0 Å². The number of para-hydroxylation sites is 1. The molecule has 33 heavy (non-hydrogen) atoms. The molecule has 0 saturated carbocycles. The summed E-state index contributed by atoms with van der Waals surface area (Å²) in [6, 6.07) is 11.2. The first kappa shape index (κ1) is 21.4. The number of ether oxygens (including phenoxy) is 1. The van der Waals surface area contributed by atoms with Crippen molar-refractivity contribution in [1.82, 2.24) is 24.6 Å². The van der Waals surface area contributed by atoms with Gasteiger partial charge in [0.2, 0.25) is 5.91 Å². The Bertz CT molecular complexity index is 1210. The molecule has 2 aromatic heterocycles. The summed E-state index contributed by atoms with van der Waals surface area (Å²) in [6.45, 7) is 7.03. The topological polar surface area (TPSA) is 107 Å². The molecule has 2 amide bonds. The van der Waals surface area contributed by atoms with Crippen molar-refractivity contribution in [2.24, 2.45) is 0 Å². The maximum absolute atomic E-state index is 13.2. The molecule has 0 unspecified atom stereocenters. The van der Waals surface area contributed by atoms with Gasteiger partial charge >= 0.3 is 0 Å². The minimum atomic E-state index is -0.341. The Balaban J connectivity index is 1.34. The summed E-state index contributed by atoms with van der Waals surface area (Å²) in [6.07, 6.45) is 1.54. The summed E-state index contributed by atoms with van der Waals surface area (Å²) in [4.78, 5) is 33.5. The Labute approximate surface area is 192 Å². The van der Waals surface area contributed by atoms with Crippen LogP contribution in [0.5, 0.6) is 0 Å². The van der Waals surface area contributed by atoms with Gasteiger partial charge in [-0.3, -0.25) is 14.3 Å². The number of rotatable bonds is 4. The maximum Gasteiger partial charge on any atom is 0.254 e. The van der Waals surface area contributed by atoms with Crippen LogP contribution in [0.4, 0.5) is 5.82 Å². The Kier molecular flexibility index (Phi) is 5.28. The van der Waals surface area contributed by atoms with Crippen molar-refractivity contribution in [3.63, 3.8) is 0 Å². The number of carbonyl (C=O) groups excluding carboxylic acids is 2. The van der Waals surface area contributed by atoms with Crippen LogP contribution in [-0.4, -0.2) is 74.8 Å². The predicted molar refractivity (Wildman–Crippen MR) is 124 cm³/mol. The number of hydrogen-bond donors (Lipinski definition) is 1. The third-order valence-electron chi connectivity index (χ3n) is 6.50. The fourth-order valence-corrected chi connectivity index (χ4v) is 4.69. The normalized spacial score (nSPS) is 18.4. The van der Waals surface area contributed by atoms with Crippen LogP contribution >= 0.6 is 0 Å². The van der Waals surface area contributed by atoms with Gasteiger partial charge in [-0.2, -0.15) is 5.10 Å². The van der Waals surface area contributed by atoms with E-state index in [9.17, 15) is 9.59 Å². The highest BCUT2D eigenvalue weighted by atomic mass is 16.5. The van der Waals surface area contributed by atoms with Gasteiger partial charge in [0.15, 0.2) is 0 Å². The number of likely N-dealkylation sites (tertiary alicyclic amines) is 1. The molecule has 9 nitrogen and oxygen atoms in total. The van der Waals surface area contributed by atoms with E-state index in [0.717, 1.165) is 16.6 Å². The summed E-state index contributed by atoms with van der Waals surface area (Å²) in [5.41, 5.74) is 7.77. The first-order valence-electron chi connectivity index (χ1n) is 11.2. The fourth-order valence-electron chi connectivity index (χ4n) is 4.69. The largest absolute Gasteiger partial charge is 0.384 e. The minimum absolute atomic E-state index is 0.0313. The van der Waals surface area contributed by atoms with Crippen molar-refractivity contribution in [2.45, 2.75) is 31.8 Å². The number of morpholine rings is 1. The highest BCUT2D eigenvalue weighted by molar-refractivity contribution is 5.95. The van der Waals surface area contributed by atoms with E-state index < -0.39 is 0 Å². The van der Waals surface area contributed by atoms with Crippen LogP contribution < -0.4 is 5.73 Å². The van der Waals surface area contributed by atoms with E-state index in [1.807, 2.05) is 43.0 Å². The molecule has 0 aliphatic carbocycles. The number of carbonyl (C=O) groups is 2. The smallest absolute Gasteiger partial charge is 0.254 e. The fraction of sp³-hybridized carbons (Fsp3) is 0.417. The Morgan fingerprint density at radius 3 is 2.76 bits per heavy atom. The van der Waals surface area contributed by atoms with E-state index in [4.69, 9.17) is 15.6 Å². The molecule has 1 aromatic carbocycles. The van der Waals surface area contributed by atoms with Gasteiger partial charge in [0.05, 0.1) is 30.0 Å². The minimum Gasteiger partial charge on any atom is -0.384 e. The molecule has 0 atom stereocenters. The molecule has 4 heterocycles. The first-order valence-corrected chi connectivity index (χ1v) is 11.2. The number of pyridine rings is 1. The van der Waals surface area contributed by atoms with Crippen LogP contribution in [0.2, 0.25) is 0 Å². The zero-order chi connectivity index (χ0) is 23.2. The highest BCUT2D eigenvalue weighted by Crippen LogP contribution is 2.33. The molecule has 0 spiro atoms. The van der Waals surface area contributed by atoms with Crippen molar-refractivity contribution in [3.05, 3.63) is 53.9 Å². The molecule has 3 aromatic rings. The number of anilines is 1. The average Bonchev–Trinajstić information content (AvgIpc) is 3.10. The van der Waals surface area contributed by atoms with E-state index in [1.165, 1.54) is 0 Å². The molecule has 2 fully saturated rings. The molecular formula is C24H28N6O3. The van der Waals surface area contributed by atoms with Gasteiger partial charge in [-0.05, 0) is 32.0 Å². The summed E-state index contributed by atoms with van der Waals surface area (Å²) in [5, 5.41) is 5.87. The summed E-state index contributed by atoms with van der Waals surface area (Å²) >= 11 is 0. The van der Waals surface area contributed by atoms with Crippen molar-refractivity contribution in [1.29, 1.82) is 0 Å². The maximum atomic E-state index is 13.2. The predicted octanol–water partition coefficient (Wildman–Crippen LogP) is 1.89. The van der Waals surface area contributed by atoms with Crippen LogP contribution in [0, 0.1) is 0 Å². The number of nitrogen functional groups attached to an aromatic ring is 1. The molecule has 172 valence electrons. The van der Waals surface area contributed by atoms with Gasteiger partial charge in [-0.15, -0.1) is 0 Å². The number of aromatic nitrogens is 3. The Morgan fingerprint density at radius 1 is 1.21 bits per heavy atom. The Hall–Kier alpha value is -3.46. The number of benzene rings is 1. The molecule has 0 bridgehead atoms. The summed E-state index contributed by atoms with van der Waals surface area (Å²) in [7, 11) is 0.